The summed E-state index contributed by atoms with van der Waals surface area (Å²) in [6, 6.07) is 0. The van der Waals surface area contributed by atoms with Gasteiger partial charge in [0.1, 0.15) is 5.82 Å². The van der Waals surface area contributed by atoms with Crippen molar-refractivity contribution in [1.82, 2.24) is 14.9 Å². The van der Waals surface area contributed by atoms with Gasteiger partial charge in [0.15, 0.2) is 0 Å². The molecule has 0 spiro atoms. The zero-order valence-electron chi connectivity index (χ0n) is 10.6. The Hall–Kier alpha value is -0.870. The molecule has 1 aromatic rings. The van der Waals surface area contributed by atoms with Gasteiger partial charge in [-0.2, -0.15) is 0 Å². The average Bonchev–Trinajstić information content (AvgIpc) is 2.75. The predicted octanol–water partition coefficient (Wildman–Crippen LogP) is 1.56. The van der Waals surface area contributed by atoms with E-state index in [1.165, 1.54) is 31.5 Å². The molecule has 1 saturated heterocycles. The molecule has 2 aliphatic rings. The molecular formula is C13H22N4. The number of rotatable bonds is 2. The number of hydrogen-bond acceptors (Lipinski definition) is 3. The molecule has 17 heavy (non-hydrogen) atoms. The van der Waals surface area contributed by atoms with Crippen LogP contribution < -0.4 is 5.73 Å². The monoisotopic (exact) mass is 234 g/mol. The van der Waals surface area contributed by atoms with E-state index < -0.39 is 0 Å². The molecule has 3 N–H and O–H groups in total. The molecule has 1 aliphatic carbocycles. The number of aromatic nitrogens is 2. The van der Waals surface area contributed by atoms with E-state index in [1.54, 1.807) is 0 Å². The lowest BCUT2D eigenvalue weighted by molar-refractivity contribution is 0.236. The molecular weight excluding hydrogens is 212 g/mol. The first kappa shape index (κ1) is 11.2. The summed E-state index contributed by atoms with van der Waals surface area (Å²) in [5.74, 6) is 1.62. The Balaban J connectivity index is 1.75. The number of nitrogens with zero attached hydrogens (tertiary/aromatic N) is 2. The van der Waals surface area contributed by atoms with E-state index >= 15 is 0 Å². The van der Waals surface area contributed by atoms with E-state index in [4.69, 9.17) is 5.73 Å². The summed E-state index contributed by atoms with van der Waals surface area (Å²) in [4.78, 5) is 10.4. The van der Waals surface area contributed by atoms with Crippen LogP contribution in [0, 0.1) is 0 Å². The largest absolute Gasteiger partial charge is 0.344 e. The number of nitrogens with one attached hydrogen (secondary N) is 1. The Labute approximate surface area is 103 Å². The molecule has 1 aliphatic heterocycles. The molecule has 0 amide bonds. The normalized spacial score (nSPS) is 28.9. The first-order valence-corrected chi connectivity index (χ1v) is 6.70. The van der Waals surface area contributed by atoms with Crippen molar-refractivity contribution in [3.8, 4) is 0 Å². The molecule has 1 saturated carbocycles. The van der Waals surface area contributed by atoms with Crippen LogP contribution in [0.5, 0.6) is 0 Å². The Morgan fingerprint density at radius 3 is 2.94 bits per heavy atom. The lowest BCUT2D eigenvalue weighted by atomic mass is 9.77. The molecule has 0 bridgehead atoms. The van der Waals surface area contributed by atoms with Gasteiger partial charge in [0.2, 0.25) is 0 Å². The summed E-state index contributed by atoms with van der Waals surface area (Å²) in [6.45, 7) is 2.36. The third kappa shape index (κ3) is 2.00. The molecule has 3 rings (SSSR count). The fourth-order valence-electron chi connectivity index (χ4n) is 3.01. The van der Waals surface area contributed by atoms with E-state index in [1.807, 2.05) is 6.20 Å². The summed E-state index contributed by atoms with van der Waals surface area (Å²) in [7, 11) is 2.19. The number of likely N-dealkylation sites (N-methyl/N-ethyl adjacent to an activating group) is 1. The maximum Gasteiger partial charge on any atom is 0.126 e. The van der Waals surface area contributed by atoms with Gasteiger partial charge in [-0.1, -0.05) is 0 Å². The van der Waals surface area contributed by atoms with Crippen LogP contribution in [0.15, 0.2) is 6.20 Å². The minimum atomic E-state index is -0.154. The molecule has 94 valence electrons. The second kappa shape index (κ2) is 4.10. The first-order valence-electron chi connectivity index (χ1n) is 6.70. The number of hydrogen-bond donors (Lipinski definition) is 2. The second-order valence-corrected chi connectivity index (χ2v) is 5.80. The van der Waals surface area contributed by atoms with Crippen LogP contribution in [0.3, 0.4) is 0 Å². The van der Waals surface area contributed by atoms with E-state index in [2.05, 4.69) is 21.9 Å². The molecule has 1 atom stereocenters. The highest BCUT2D eigenvalue weighted by atomic mass is 15.1. The Morgan fingerprint density at radius 1 is 1.47 bits per heavy atom. The third-order valence-electron chi connectivity index (χ3n) is 4.38. The fourth-order valence-corrected chi connectivity index (χ4v) is 3.01. The van der Waals surface area contributed by atoms with Crippen molar-refractivity contribution >= 4 is 0 Å². The van der Waals surface area contributed by atoms with Crippen molar-refractivity contribution in [2.75, 3.05) is 20.1 Å². The minimum absolute atomic E-state index is 0.154. The minimum Gasteiger partial charge on any atom is -0.344 e. The quantitative estimate of drug-likeness (QED) is 0.816. The van der Waals surface area contributed by atoms with Gasteiger partial charge in [-0.3, -0.25) is 0 Å². The van der Waals surface area contributed by atoms with Crippen LogP contribution >= 0.6 is 0 Å². The van der Waals surface area contributed by atoms with Crippen LogP contribution in [0.1, 0.15) is 49.5 Å². The lowest BCUT2D eigenvalue weighted by Gasteiger charge is -2.36. The van der Waals surface area contributed by atoms with Gasteiger partial charge >= 0.3 is 0 Å². The van der Waals surface area contributed by atoms with Crippen LogP contribution in [-0.4, -0.2) is 35.0 Å². The van der Waals surface area contributed by atoms with E-state index in [0.717, 1.165) is 25.2 Å². The number of aromatic amines is 1. The fraction of sp³-hybridized carbons (Fsp3) is 0.769. The summed E-state index contributed by atoms with van der Waals surface area (Å²) < 4.78 is 0. The molecule has 0 aromatic carbocycles. The van der Waals surface area contributed by atoms with E-state index in [9.17, 15) is 0 Å². The van der Waals surface area contributed by atoms with Crippen LogP contribution in [0.25, 0.3) is 0 Å². The number of piperidine rings is 1. The van der Waals surface area contributed by atoms with Gasteiger partial charge in [0.25, 0.3) is 0 Å². The SMILES string of the molecule is CN1CCCC(c2cnc(C3(N)CCC3)[nH]2)C1. The first-order chi connectivity index (χ1) is 8.17. The topological polar surface area (TPSA) is 57.9 Å². The molecule has 2 fully saturated rings. The van der Waals surface area contributed by atoms with Crippen molar-refractivity contribution in [2.45, 2.75) is 43.6 Å². The van der Waals surface area contributed by atoms with Crippen LogP contribution in [-0.2, 0) is 5.54 Å². The number of imidazole rings is 1. The second-order valence-electron chi connectivity index (χ2n) is 5.80. The Bertz CT molecular complexity index is 394. The van der Waals surface area contributed by atoms with Crippen molar-refractivity contribution in [3.63, 3.8) is 0 Å². The number of nitrogens with two attached hydrogens (primary N) is 1. The average molecular weight is 234 g/mol. The molecule has 0 radical (unpaired) electrons. The lowest BCUT2D eigenvalue weighted by Crippen LogP contribution is -2.44. The highest BCUT2D eigenvalue weighted by Gasteiger charge is 2.37. The van der Waals surface area contributed by atoms with Crippen molar-refractivity contribution < 1.29 is 0 Å². The maximum atomic E-state index is 6.29. The highest BCUT2D eigenvalue weighted by Crippen LogP contribution is 2.37. The summed E-state index contributed by atoms with van der Waals surface area (Å²) in [5.41, 5.74) is 7.42. The van der Waals surface area contributed by atoms with Gasteiger partial charge in [-0.15, -0.1) is 0 Å². The highest BCUT2D eigenvalue weighted by molar-refractivity contribution is 5.17. The predicted molar refractivity (Wildman–Crippen MR) is 67.8 cm³/mol. The van der Waals surface area contributed by atoms with Gasteiger partial charge in [-0.05, 0) is 45.7 Å². The zero-order chi connectivity index (χ0) is 11.9. The van der Waals surface area contributed by atoms with Crippen molar-refractivity contribution in [3.05, 3.63) is 17.7 Å². The van der Waals surface area contributed by atoms with Crippen molar-refractivity contribution in [1.29, 1.82) is 0 Å². The zero-order valence-corrected chi connectivity index (χ0v) is 10.6. The van der Waals surface area contributed by atoms with E-state index in [-0.39, 0.29) is 5.54 Å². The van der Waals surface area contributed by atoms with E-state index in [0.29, 0.717) is 5.92 Å². The summed E-state index contributed by atoms with van der Waals surface area (Å²) in [6.07, 6.45) is 7.94. The third-order valence-corrected chi connectivity index (χ3v) is 4.38. The van der Waals surface area contributed by atoms with Crippen molar-refractivity contribution in [2.24, 2.45) is 5.73 Å². The molecule has 4 nitrogen and oxygen atoms in total. The number of likely N-dealkylation sites (tertiary alicyclic amines) is 1. The molecule has 1 aromatic heterocycles. The maximum absolute atomic E-state index is 6.29. The smallest absolute Gasteiger partial charge is 0.126 e. The standard InChI is InChI=1S/C13H22N4/c1-17-7-2-4-10(9-17)11-8-15-12(16-11)13(14)5-3-6-13/h8,10H,2-7,9,14H2,1H3,(H,15,16). The van der Waals surface area contributed by atoms with Gasteiger partial charge in [0, 0.05) is 24.4 Å². The Kier molecular flexibility index (Phi) is 2.71. The van der Waals surface area contributed by atoms with Gasteiger partial charge < -0.3 is 15.6 Å². The van der Waals surface area contributed by atoms with Crippen LogP contribution in [0.4, 0.5) is 0 Å². The molecule has 2 heterocycles. The molecule has 4 heteroatoms. The number of H-pyrrole nitrogens is 1. The summed E-state index contributed by atoms with van der Waals surface area (Å²) >= 11 is 0. The Morgan fingerprint density at radius 2 is 2.29 bits per heavy atom. The summed E-state index contributed by atoms with van der Waals surface area (Å²) in [5, 5.41) is 0. The molecule has 1 unspecified atom stereocenters. The van der Waals surface area contributed by atoms with Gasteiger partial charge in [-0.25, -0.2) is 4.98 Å². The van der Waals surface area contributed by atoms with Crippen LogP contribution in [0.2, 0.25) is 0 Å². The van der Waals surface area contributed by atoms with Gasteiger partial charge in [0.05, 0.1) is 5.54 Å².